The average molecular weight is 246 g/mol. The zero-order chi connectivity index (χ0) is 13.2. The van der Waals surface area contributed by atoms with E-state index in [-0.39, 0.29) is 17.7 Å². The molecule has 0 aliphatic carbocycles. The number of benzene rings is 2. The van der Waals surface area contributed by atoms with Gasteiger partial charge in [0.25, 0.3) is 0 Å². The number of aromatic hydroxyl groups is 1. The molecule has 1 atom stereocenters. The quantitative estimate of drug-likeness (QED) is 0.874. The van der Waals surface area contributed by atoms with Crippen LogP contribution in [0.5, 0.6) is 5.75 Å². The minimum Gasteiger partial charge on any atom is -0.508 e. The summed E-state index contributed by atoms with van der Waals surface area (Å²) in [4.78, 5) is 0. The largest absolute Gasteiger partial charge is 0.508 e. The highest BCUT2D eigenvalue weighted by atomic mass is 19.1. The molecule has 0 heterocycles. The summed E-state index contributed by atoms with van der Waals surface area (Å²) in [5, 5.41) is 19.6. The number of rotatable bonds is 3. The molecule has 0 bridgehead atoms. The number of phenols is 1. The molecule has 0 saturated heterocycles. The average Bonchev–Trinajstić information content (AvgIpc) is 2.32. The minimum absolute atomic E-state index is 0.171. The fourth-order valence-corrected chi connectivity index (χ4v) is 2.00. The van der Waals surface area contributed by atoms with Gasteiger partial charge < -0.3 is 10.2 Å². The molecular formula is C15H15FO2. The molecule has 2 aromatic rings. The van der Waals surface area contributed by atoms with Gasteiger partial charge in [-0.15, -0.1) is 0 Å². The second-order valence-electron chi connectivity index (χ2n) is 4.60. The Morgan fingerprint density at radius 1 is 1.06 bits per heavy atom. The van der Waals surface area contributed by atoms with Crippen molar-refractivity contribution in [1.82, 2.24) is 0 Å². The summed E-state index contributed by atoms with van der Waals surface area (Å²) in [7, 11) is 0. The summed E-state index contributed by atoms with van der Waals surface area (Å²) in [6.07, 6.45) is 0.286. The molecule has 3 heteroatoms. The van der Waals surface area contributed by atoms with Gasteiger partial charge in [0.05, 0.1) is 5.60 Å². The van der Waals surface area contributed by atoms with Crippen LogP contribution in [0.15, 0.2) is 48.5 Å². The second-order valence-corrected chi connectivity index (χ2v) is 4.60. The molecule has 0 radical (unpaired) electrons. The third kappa shape index (κ3) is 2.68. The van der Waals surface area contributed by atoms with E-state index >= 15 is 0 Å². The van der Waals surface area contributed by atoms with Gasteiger partial charge >= 0.3 is 0 Å². The molecule has 1 unspecified atom stereocenters. The SMILES string of the molecule is CC(O)(Cc1ccc(O)cc1)c1ccccc1F. The van der Waals surface area contributed by atoms with Gasteiger partial charge in [-0.1, -0.05) is 30.3 Å². The smallest absolute Gasteiger partial charge is 0.129 e. The number of aliphatic hydroxyl groups is 1. The van der Waals surface area contributed by atoms with E-state index in [9.17, 15) is 14.6 Å². The van der Waals surface area contributed by atoms with Crippen LogP contribution in [-0.2, 0) is 12.0 Å². The summed E-state index contributed by atoms with van der Waals surface area (Å²) in [5.74, 6) is -0.245. The normalized spacial score (nSPS) is 14.2. The fourth-order valence-electron chi connectivity index (χ4n) is 2.00. The van der Waals surface area contributed by atoms with E-state index in [1.807, 2.05) is 0 Å². The molecule has 0 fully saturated rings. The Bertz CT molecular complexity index is 532. The predicted octanol–water partition coefficient (Wildman–Crippen LogP) is 2.98. The molecule has 2 N–H and O–H groups in total. The van der Waals surface area contributed by atoms with E-state index in [1.165, 1.54) is 6.07 Å². The van der Waals surface area contributed by atoms with Gasteiger partial charge in [0.15, 0.2) is 0 Å². The van der Waals surface area contributed by atoms with Crippen molar-refractivity contribution < 1.29 is 14.6 Å². The van der Waals surface area contributed by atoms with E-state index in [4.69, 9.17) is 0 Å². The van der Waals surface area contributed by atoms with Crippen LogP contribution >= 0.6 is 0 Å². The van der Waals surface area contributed by atoms with Crippen molar-refractivity contribution in [1.29, 1.82) is 0 Å². The molecule has 0 aromatic heterocycles. The lowest BCUT2D eigenvalue weighted by molar-refractivity contribution is 0.0538. The molecule has 0 amide bonds. The highest BCUT2D eigenvalue weighted by Gasteiger charge is 2.26. The van der Waals surface area contributed by atoms with Crippen LogP contribution in [0.3, 0.4) is 0 Å². The second kappa shape index (κ2) is 4.78. The van der Waals surface area contributed by atoms with Crippen molar-refractivity contribution in [3.8, 4) is 5.75 Å². The lowest BCUT2D eigenvalue weighted by Gasteiger charge is -2.24. The first kappa shape index (κ1) is 12.6. The van der Waals surface area contributed by atoms with E-state index in [0.29, 0.717) is 0 Å². The summed E-state index contributed by atoms with van der Waals surface area (Å²) in [5.41, 5.74) is -0.165. The molecule has 2 aromatic carbocycles. The van der Waals surface area contributed by atoms with Gasteiger partial charge in [-0.2, -0.15) is 0 Å². The maximum atomic E-state index is 13.7. The Kier molecular flexibility index (Phi) is 3.34. The lowest BCUT2D eigenvalue weighted by atomic mass is 9.89. The van der Waals surface area contributed by atoms with Crippen LogP contribution in [0, 0.1) is 5.82 Å². The van der Waals surface area contributed by atoms with Gasteiger partial charge in [0.2, 0.25) is 0 Å². The highest BCUT2D eigenvalue weighted by Crippen LogP contribution is 2.27. The summed E-state index contributed by atoms with van der Waals surface area (Å²) < 4.78 is 13.7. The Balaban J connectivity index is 2.27. The topological polar surface area (TPSA) is 40.5 Å². The van der Waals surface area contributed by atoms with Gasteiger partial charge in [-0.3, -0.25) is 0 Å². The Morgan fingerprint density at radius 2 is 1.67 bits per heavy atom. The Hall–Kier alpha value is -1.87. The van der Waals surface area contributed by atoms with E-state index in [2.05, 4.69) is 0 Å². The monoisotopic (exact) mass is 246 g/mol. The molecular weight excluding hydrogens is 231 g/mol. The minimum atomic E-state index is -1.28. The Morgan fingerprint density at radius 3 is 2.28 bits per heavy atom. The van der Waals surface area contributed by atoms with Crippen LogP contribution < -0.4 is 0 Å². The van der Waals surface area contributed by atoms with Gasteiger partial charge in [0, 0.05) is 12.0 Å². The zero-order valence-corrected chi connectivity index (χ0v) is 10.1. The third-order valence-corrected chi connectivity index (χ3v) is 2.94. The maximum Gasteiger partial charge on any atom is 0.129 e. The van der Waals surface area contributed by atoms with Crippen molar-refractivity contribution in [2.45, 2.75) is 18.9 Å². The van der Waals surface area contributed by atoms with Gasteiger partial charge in [0.1, 0.15) is 11.6 Å². The van der Waals surface area contributed by atoms with E-state index in [1.54, 1.807) is 49.4 Å². The molecule has 2 nitrogen and oxygen atoms in total. The zero-order valence-electron chi connectivity index (χ0n) is 10.1. The number of hydrogen-bond acceptors (Lipinski definition) is 2. The van der Waals surface area contributed by atoms with Crippen LogP contribution in [-0.4, -0.2) is 10.2 Å². The van der Waals surface area contributed by atoms with Crippen LogP contribution in [0.1, 0.15) is 18.1 Å². The third-order valence-electron chi connectivity index (χ3n) is 2.94. The molecule has 2 rings (SSSR count). The first-order valence-electron chi connectivity index (χ1n) is 5.74. The maximum absolute atomic E-state index is 13.7. The highest BCUT2D eigenvalue weighted by molar-refractivity contribution is 5.30. The first-order chi connectivity index (χ1) is 8.49. The van der Waals surface area contributed by atoms with E-state index in [0.717, 1.165) is 5.56 Å². The van der Waals surface area contributed by atoms with Crippen molar-refractivity contribution in [2.75, 3.05) is 0 Å². The van der Waals surface area contributed by atoms with Crippen molar-refractivity contribution in [3.63, 3.8) is 0 Å². The van der Waals surface area contributed by atoms with Crippen LogP contribution in [0.25, 0.3) is 0 Å². The molecule has 0 spiro atoms. The van der Waals surface area contributed by atoms with E-state index < -0.39 is 11.4 Å². The van der Waals surface area contributed by atoms with Crippen molar-refractivity contribution in [3.05, 3.63) is 65.5 Å². The standard InChI is InChI=1S/C15H15FO2/c1-15(18,13-4-2-3-5-14(13)16)10-11-6-8-12(17)9-7-11/h2-9,17-18H,10H2,1H3. The van der Waals surface area contributed by atoms with Crippen molar-refractivity contribution in [2.24, 2.45) is 0 Å². The first-order valence-corrected chi connectivity index (χ1v) is 5.74. The van der Waals surface area contributed by atoms with Crippen molar-refractivity contribution >= 4 is 0 Å². The number of hydrogen-bond donors (Lipinski definition) is 2. The molecule has 18 heavy (non-hydrogen) atoms. The van der Waals surface area contributed by atoms with Crippen LogP contribution in [0.2, 0.25) is 0 Å². The summed E-state index contributed by atoms with van der Waals surface area (Å²) >= 11 is 0. The summed E-state index contributed by atoms with van der Waals surface area (Å²) in [6.45, 7) is 1.58. The summed E-state index contributed by atoms with van der Waals surface area (Å²) in [6, 6.07) is 12.7. The Labute approximate surface area is 105 Å². The predicted molar refractivity (Wildman–Crippen MR) is 67.8 cm³/mol. The number of halogens is 1. The van der Waals surface area contributed by atoms with Crippen LogP contribution in [0.4, 0.5) is 4.39 Å². The molecule has 94 valence electrons. The fraction of sp³-hybridized carbons (Fsp3) is 0.200. The van der Waals surface area contributed by atoms with Gasteiger partial charge in [-0.25, -0.2) is 4.39 Å². The lowest BCUT2D eigenvalue weighted by Crippen LogP contribution is -2.25. The molecule has 0 saturated carbocycles. The number of phenolic OH excluding ortho intramolecular Hbond substituents is 1. The molecule has 0 aliphatic rings. The molecule has 0 aliphatic heterocycles. The van der Waals surface area contributed by atoms with Gasteiger partial charge in [-0.05, 0) is 30.7 Å².